The Morgan fingerprint density at radius 1 is 1.14 bits per heavy atom. The van der Waals surface area contributed by atoms with Crippen molar-refractivity contribution < 1.29 is 19.0 Å². The molecule has 0 aliphatic rings. The molecule has 0 radical (unpaired) electrons. The summed E-state index contributed by atoms with van der Waals surface area (Å²) in [5.74, 6) is -0.0548. The minimum Gasteiger partial charge on any atom is -0.493 e. The third-order valence-electron chi connectivity index (χ3n) is 4.65. The van der Waals surface area contributed by atoms with Gasteiger partial charge in [-0.15, -0.1) is 0 Å². The van der Waals surface area contributed by atoms with Gasteiger partial charge in [-0.1, -0.05) is 12.1 Å². The molecule has 1 heterocycles. The molecule has 1 amide bonds. The van der Waals surface area contributed by atoms with Crippen LogP contribution in [0.2, 0.25) is 0 Å². The number of rotatable bonds is 6. The number of pyridine rings is 1. The van der Waals surface area contributed by atoms with Crippen LogP contribution in [0, 0.1) is 19.7 Å². The van der Waals surface area contributed by atoms with Crippen molar-refractivity contribution in [3.63, 3.8) is 0 Å². The summed E-state index contributed by atoms with van der Waals surface area (Å²) in [4.78, 5) is 16.5. The van der Waals surface area contributed by atoms with Crippen LogP contribution in [0.25, 0.3) is 0 Å². The van der Waals surface area contributed by atoms with Crippen molar-refractivity contribution in [1.29, 1.82) is 0 Å². The van der Waals surface area contributed by atoms with Crippen molar-refractivity contribution in [1.82, 2.24) is 10.3 Å². The summed E-state index contributed by atoms with van der Waals surface area (Å²) in [6.07, 6.45) is -0.254. The highest BCUT2D eigenvalue weighted by Gasteiger charge is 2.12. The Bertz CT molecular complexity index is 979. The number of aromatic hydroxyl groups is 1. The third kappa shape index (κ3) is 5.10. The molecule has 0 spiro atoms. The predicted molar refractivity (Wildman–Crippen MR) is 108 cm³/mol. The van der Waals surface area contributed by atoms with E-state index in [0.717, 1.165) is 16.8 Å². The molecule has 1 aromatic heterocycles. The highest BCUT2D eigenvalue weighted by molar-refractivity contribution is 5.94. The fraction of sp³-hybridized carbons (Fsp3) is 0.217. The largest absolute Gasteiger partial charge is 0.493 e. The second-order valence-electron chi connectivity index (χ2n) is 6.90. The fourth-order valence-corrected chi connectivity index (χ4v) is 3.02. The number of ether oxygens (including phenoxy) is 1. The zero-order valence-electron chi connectivity index (χ0n) is 16.6. The van der Waals surface area contributed by atoms with E-state index in [9.17, 15) is 14.3 Å². The van der Waals surface area contributed by atoms with Gasteiger partial charge in [-0.25, -0.2) is 9.37 Å². The average molecular weight is 394 g/mol. The average Bonchev–Trinajstić information content (AvgIpc) is 2.69. The Labute approximate surface area is 169 Å². The van der Waals surface area contributed by atoms with Crippen molar-refractivity contribution in [2.75, 3.05) is 0 Å². The first-order valence-corrected chi connectivity index (χ1v) is 9.30. The van der Waals surface area contributed by atoms with Crippen molar-refractivity contribution in [2.24, 2.45) is 0 Å². The fourth-order valence-electron chi connectivity index (χ4n) is 3.02. The minimum atomic E-state index is -0.315. The van der Waals surface area contributed by atoms with Crippen LogP contribution in [0.3, 0.4) is 0 Å². The van der Waals surface area contributed by atoms with Crippen LogP contribution in [0.4, 0.5) is 4.39 Å². The van der Waals surface area contributed by atoms with E-state index in [1.54, 1.807) is 31.2 Å². The van der Waals surface area contributed by atoms with Gasteiger partial charge >= 0.3 is 0 Å². The topological polar surface area (TPSA) is 71.5 Å². The Morgan fingerprint density at radius 2 is 1.79 bits per heavy atom. The highest BCUT2D eigenvalue weighted by Crippen LogP contribution is 2.23. The molecule has 0 aliphatic carbocycles. The monoisotopic (exact) mass is 394 g/mol. The van der Waals surface area contributed by atoms with E-state index in [1.165, 1.54) is 12.1 Å². The van der Waals surface area contributed by atoms with Crippen LogP contribution < -0.4 is 10.1 Å². The Balaban J connectivity index is 1.62. The maximum absolute atomic E-state index is 13.0. The molecular weight excluding hydrogens is 371 g/mol. The molecule has 150 valence electrons. The van der Waals surface area contributed by atoms with Gasteiger partial charge in [0.15, 0.2) is 0 Å². The van der Waals surface area contributed by atoms with E-state index in [4.69, 9.17) is 4.74 Å². The van der Waals surface area contributed by atoms with Gasteiger partial charge < -0.3 is 15.2 Å². The number of benzene rings is 2. The van der Waals surface area contributed by atoms with Crippen molar-refractivity contribution >= 4 is 5.91 Å². The lowest BCUT2D eigenvalue weighted by atomic mass is 10.1. The van der Waals surface area contributed by atoms with Crippen LogP contribution in [-0.2, 0) is 6.54 Å². The second-order valence-corrected chi connectivity index (χ2v) is 6.90. The number of carbonyl (C=O) groups is 1. The Hall–Kier alpha value is -3.41. The van der Waals surface area contributed by atoms with Crippen LogP contribution in [0.1, 0.15) is 45.8 Å². The summed E-state index contributed by atoms with van der Waals surface area (Å²) >= 11 is 0. The lowest BCUT2D eigenvalue weighted by Crippen LogP contribution is -2.23. The molecule has 29 heavy (non-hydrogen) atoms. The Kier molecular flexibility index (Phi) is 6.12. The van der Waals surface area contributed by atoms with E-state index in [-0.39, 0.29) is 30.3 Å². The van der Waals surface area contributed by atoms with Gasteiger partial charge in [-0.3, -0.25) is 4.79 Å². The summed E-state index contributed by atoms with van der Waals surface area (Å²) in [6.45, 7) is 5.74. The molecular formula is C23H23FN2O3. The van der Waals surface area contributed by atoms with Gasteiger partial charge in [-0.05, 0) is 74.4 Å². The molecule has 0 bridgehead atoms. The number of amides is 1. The molecule has 6 heteroatoms. The number of nitrogens with zero attached hydrogens (tertiary/aromatic N) is 1. The minimum absolute atomic E-state index is 0.0649. The summed E-state index contributed by atoms with van der Waals surface area (Å²) in [5.41, 5.74) is 3.59. The number of hydrogen-bond donors (Lipinski definition) is 2. The van der Waals surface area contributed by atoms with E-state index in [1.807, 2.05) is 32.0 Å². The number of halogens is 1. The second kappa shape index (κ2) is 8.73. The highest BCUT2D eigenvalue weighted by atomic mass is 19.1. The van der Waals surface area contributed by atoms with Gasteiger partial charge in [0.2, 0.25) is 5.88 Å². The van der Waals surface area contributed by atoms with E-state index in [0.29, 0.717) is 16.9 Å². The first kappa shape index (κ1) is 20.3. The SMILES string of the molecule is Cc1cc(C)c(CNC(=O)c2ccc([C@H](C)Oc3ccc(F)cc3)cc2)c(O)n1. The number of aryl methyl sites for hydroxylation is 2. The normalized spacial score (nSPS) is 11.7. The summed E-state index contributed by atoms with van der Waals surface area (Å²) in [7, 11) is 0. The van der Waals surface area contributed by atoms with Crippen LogP contribution in [0.15, 0.2) is 54.6 Å². The molecule has 3 aromatic rings. The zero-order chi connectivity index (χ0) is 21.0. The van der Waals surface area contributed by atoms with Gasteiger partial charge in [0.25, 0.3) is 5.91 Å². The molecule has 3 rings (SSSR count). The molecule has 0 saturated carbocycles. The smallest absolute Gasteiger partial charge is 0.251 e. The van der Waals surface area contributed by atoms with Gasteiger partial charge in [-0.2, -0.15) is 0 Å². The summed E-state index contributed by atoms with van der Waals surface area (Å²) < 4.78 is 18.8. The standard InChI is InChI=1S/C23H23FN2O3/c1-14-12-15(2)26-23(28)21(14)13-25-22(27)18-6-4-17(5-7-18)16(3)29-20-10-8-19(24)9-11-20/h4-12,16H,13H2,1-3H3,(H,25,27)(H,26,28)/t16-/m0/s1. The lowest BCUT2D eigenvalue weighted by molar-refractivity contribution is 0.0950. The maximum Gasteiger partial charge on any atom is 0.251 e. The van der Waals surface area contributed by atoms with Crippen molar-refractivity contribution in [2.45, 2.75) is 33.4 Å². The van der Waals surface area contributed by atoms with Crippen LogP contribution in [-0.4, -0.2) is 16.0 Å². The van der Waals surface area contributed by atoms with Gasteiger partial charge in [0, 0.05) is 23.4 Å². The maximum atomic E-state index is 13.0. The van der Waals surface area contributed by atoms with Crippen LogP contribution in [0.5, 0.6) is 11.6 Å². The molecule has 2 N–H and O–H groups in total. The number of carbonyl (C=O) groups excluding carboxylic acids is 1. The van der Waals surface area contributed by atoms with Gasteiger partial charge in [0.1, 0.15) is 17.7 Å². The lowest BCUT2D eigenvalue weighted by Gasteiger charge is -2.15. The third-order valence-corrected chi connectivity index (χ3v) is 4.65. The van der Waals surface area contributed by atoms with E-state index in [2.05, 4.69) is 10.3 Å². The van der Waals surface area contributed by atoms with E-state index < -0.39 is 0 Å². The zero-order valence-corrected chi connectivity index (χ0v) is 16.6. The molecule has 1 atom stereocenters. The van der Waals surface area contributed by atoms with Crippen molar-refractivity contribution in [3.8, 4) is 11.6 Å². The molecule has 0 aliphatic heterocycles. The molecule has 5 nitrogen and oxygen atoms in total. The Morgan fingerprint density at radius 3 is 2.41 bits per heavy atom. The number of nitrogens with one attached hydrogen (secondary N) is 1. The number of aromatic nitrogens is 1. The van der Waals surface area contributed by atoms with Gasteiger partial charge in [0.05, 0.1) is 0 Å². The first-order chi connectivity index (χ1) is 13.8. The predicted octanol–water partition coefficient (Wildman–Crippen LogP) is 4.61. The summed E-state index contributed by atoms with van der Waals surface area (Å²) in [5, 5.41) is 12.8. The number of hydrogen-bond acceptors (Lipinski definition) is 4. The molecule has 0 unspecified atom stereocenters. The first-order valence-electron chi connectivity index (χ1n) is 9.30. The summed E-state index contributed by atoms with van der Waals surface area (Å²) in [6, 6.07) is 14.8. The van der Waals surface area contributed by atoms with Crippen LogP contribution >= 0.6 is 0 Å². The molecule has 0 fully saturated rings. The van der Waals surface area contributed by atoms with E-state index >= 15 is 0 Å². The molecule has 2 aromatic carbocycles. The van der Waals surface area contributed by atoms with Crippen molar-refractivity contribution in [3.05, 3.63) is 88.4 Å². The molecule has 0 saturated heterocycles. The quantitative estimate of drug-likeness (QED) is 0.640.